The third-order valence-electron chi connectivity index (χ3n) is 4.24. The molecule has 0 atom stereocenters. The van der Waals surface area contributed by atoms with Crippen molar-refractivity contribution in [1.29, 1.82) is 5.26 Å². The predicted molar refractivity (Wildman–Crippen MR) is 99.5 cm³/mol. The smallest absolute Gasteiger partial charge is 0.338 e. The quantitative estimate of drug-likeness (QED) is 0.767. The van der Waals surface area contributed by atoms with Gasteiger partial charge >= 0.3 is 5.97 Å². The first-order chi connectivity index (χ1) is 13.1. The van der Waals surface area contributed by atoms with Gasteiger partial charge in [0.1, 0.15) is 11.1 Å². The van der Waals surface area contributed by atoms with Crippen LogP contribution in [0, 0.1) is 11.3 Å². The molecule has 140 valence electrons. The highest BCUT2D eigenvalue weighted by Gasteiger charge is 2.23. The van der Waals surface area contributed by atoms with E-state index in [2.05, 4.69) is 11.4 Å². The van der Waals surface area contributed by atoms with Crippen molar-refractivity contribution in [2.24, 2.45) is 0 Å². The van der Waals surface area contributed by atoms with Gasteiger partial charge in [0.2, 0.25) is 0 Å². The number of carbonyl (C=O) groups is 2. The molecule has 1 amide bonds. The molecule has 0 radical (unpaired) electrons. The van der Waals surface area contributed by atoms with Crippen LogP contribution in [0.25, 0.3) is 0 Å². The van der Waals surface area contributed by atoms with Crippen LogP contribution in [0.4, 0.5) is 5.00 Å². The normalized spacial score (nSPS) is 12.0. The second-order valence-electron chi connectivity index (χ2n) is 5.87. The van der Waals surface area contributed by atoms with Gasteiger partial charge in [-0.1, -0.05) is 0 Å². The molecule has 0 saturated carbocycles. The van der Waals surface area contributed by atoms with Gasteiger partial charge in [0.25, 0.3) is 5.91 Å². The van der Waals surface area contributed by atoms with Gasteiger partial charge in [-0.25, -0.2) is 4.79 Å². The van der Waals surface area contributed by atoms with E-state index in [1.54, 1.807) is 6.07 Å². The second kappa shape index (κ2) is 8.10. The molecule has 8 heteroatoms. The number of anilines is 1. The fourth-order valence-corrected chi connectivity index (χ4v) is 4.21. The zero-order chi connectivity index (χ0) is 19.4. The van der Waals surface area contributed by atoms with Gasteiger partial charge in [-0.15, -0.1) is 11.3 Å². The third kappa shape index (κ3) is 3.88. The molecule has 2 aromatic rings. The lowest BCUT2D eigenvalue weighted by Gasteiger charge is -2.09. The fraction of sp³-hybridized carbons (Fsp3) is 0.316. The maximum atomic E-state index is 12.2. The molecule has 0 bridgehead atoms. The molecule has 1 aromatic heterocycles. The van der Waals surface area contributed by atoms with E-state index in [4.69, 9.17) is 14.2 Å². The Morgan fingerprint density at radius 2 is 2.00 bits per heavy atom. The number of fused-ring (bicyclic) bond motifs is 1. The van der Waals surface area contributed by atoms with Crippen LogP contribution < -0.4 is 14.8 Å². The monoisotopic (exact) mass is 386 g/mol. The van der Waals surface area contributed by atoms with Gasteiger partial charge in [0.15, 0.2) is 18.1 Å². The Labute approximate surface area is 160 Å². The average molecular weight is 386 g/mol. The Bertz CT molecular complexity index is 929. The fourth-order valence-electron chi connectivity index (χ4n) is 2.95. The SMILES string of the molecule is COc1ccc(C(=O)OCC(=O)Nc2sc3c(c2C#N)CCC3)cc1OC. The molecule has 0 saturated heterocycles. The molecule has 7 nitrogen and oxygen atoms in total. The van der Waals surface area contributed by atoms with Gasteiger partial charge in [-0.2, -0.15) is 5.26 Å². The van der Waals surface area contributed by atoms with Crippen LogP contribution in [0.2, 0.25) is 0 Å². The Hall–Kier alpha value is -3.05. The number of amides is 1. The van der Waals surface area contributed by atoms with Gasteiger partial charge in [-0.05, 0) is 43.0 Å². The summed E-state index contributed by atoms with van der Waals surface area (Å²) in [6, 6.07) is 6.75. The van der Waals surface area contributed by atoms with Crippen molar-refractivity contribution >= 4 is 28.2 Å². The number of carbonyl (C=O) groups excluding carboxylic acids is 2. The van der Waals surface area contributed by atoms with Crippen molar-refractivity contribution in [2.45, 2.75) is 19.3 Å². The zero-order valence-electron chi connectivity index (χ0n) is 15.0. The molecular formula is C19H18N2O5S. The molecule has 1 heterocycles. The van der Waals surface area contributed by atoms with Gasteiger partial charge in [0, 0.05) is 4.88 Å². The summed E-state index contributed by atoms with van der Waals surface area (Å²) in [7, 11) is 2.96. The van der Waals surface area contributed by atoms with Crippen molar-refractivity contribution in [1.82, 2.24) is 0 Å². The highest BCUT2D eigenvalue weighted by molar-refractivity contribution is 7.16. The van der Waals surface area contributed by atoms with E-state index in [0.29, 0.717) is 22.1 Å². The molecule has 1 aliphatic carbocycles. The lowest BCUT2D eigenvalue weighted by atomic mass is 10.1. The third-order valence-corrected chi connectivity index (χ3v) is 5.45. The molecule has 1 aromatic carbocycles. The molecule has 0 unspecified atom stereocenters. The highest BCUT2D eigenvalue weighted by Crippen LogP contribution is 2.38. The number of nitriles is 1. The molecule has 3 rings (SSSR count). The summed E-state index contributed by atoms with van der Waals surface area (Å²) >= 11 is 1.42. The molecule has 1 N–H and O–H groups in total. The molecular weight excluding hydrogens is 368 g/mol. The number of hydrogen-bond donors (Lipinski definition) is 1. The van der Waals surface area contributed by atoms with Gasteiger partial charge < -0.3 is 19.5 Å². The lowest BCUT2D eigenvalue weighted by molar-refractivity contribution is -0.119. The van der Waals surface area contributed by atoms with E-state index < -0.39 is 18.5 Å². The second-order valence-corrected chi connectivity index (χ2v) is 6.97. The number of nitrogens with one attached hydrogen (secondary N) is 1. The number of benzene rings is 1. The summed E-state index contributed by atoms with van der Waals surface area (Å²) in [6.45, 7) is -0.444. The number of thiophene rings is 1. The van der Waals surface area contributed by atoms with E-state index in [-0.39, 0.29) is 5.56 Å². The summed E-state index contributed by atoms with van der Waals surface area (Å²) < 4.78 is 15.3. The molecule has 1 aliphatic rings. The standard InChI is InChI=1S/C19H18N2O5S/c1-24-14-7-6-11(8-15(14)25-2)19(23)26-10-17(22)21-18-13(9-20)12-4-3-5-16(12)27-18/h6-8H,3-5,10H2,1-2H3,(H,21,22). The Kier molecular flexibility index (Phi) is 5.62. The van der Waals surface area contributed by atoms with E-state index in [0.717, 1.165) is 29.7 Å². The summed E-state index contributed by atoms with van der Waals surface area (Å²) in [5.41, 5.74) is 1.79. The minimum atomic E-state index is -0.653. The summed E-state index contributed by atoms with van der Waals surface area (Å²) in [5.74, 6) is -0.259. The summed E-state index contributed by atoms with van der Waals surface area (Å²) in [5, 5.41) is 12.5. The Morgan fingerprint density at radius 3 is 2.70 bits per heavy atom. The first kappa shape index (κ1) is 18.7. The number of hydrogen-bond acceptors (Lipinski definition) is 7. The van der Waals surface area contributed by atoms with Crippen molar-refractivity contribution in [3.63, 3.8) is 0 Å². The number of ether oxygens (including phenoxy) is 3. The molecule has 0 spiro atoms. The molecule has 27 heavy (non-hydrogen) atoms. The van der Waals surface area contributed by atoms with Crippen LogP contribution in [0.3, 0.4) is 0 Å². The van der Waals surface area contributed by atoms with Crippen LogP contribution in [0.15, 0.2) is 18.2 Å². The Balaban J connectivity index is 1.61. The minimum Gasteiger partial charge on any atom is -0.493 e. The zero-order valence-corrected chi connectivity index (χ0v) is 15.8. The van der Waals surface area contributed by atoms with Crippen molar-refractivity contribution < 1.29 is 23.8 Å². The predicted octanol–water partition coefficient (Wildman–Crippen LogP) is 2.92. The van der Waals surface area contributed by atoms with Crippen LogP contribution in [0.5, 0.6) is 11.5 Å². The first-order valence-electron chi connectivity index (χ1n) is 8.31. The number of aryl methyl sites for hydroxylation is 1. The van der Waals surface area contributed by atoms with Crippen LogP contribution >= 0.6 is 11.3 Å². The van der Waals surface area contributed by atoms with Crippen molar-refractivity contribution in [3.05, 3.63) is 39.8 Å². The van der Waals surface area contributed by atoms with Crippen LogP contribution in [-0.4, -0.2) is 32.7 Å². The minimum absolute atomic E-state index is 0.244. The van der Waals surface area contributed by atoms with Gasteiger partial charge in [-0.3, -0.25) is 4.79 Å². The largest absolute Gasteiger partial charge is 0.493 e. The number of rotatable bonds is 6. The van der Waals surface area contributed by atoms with Crippen LogP contribution in [0.1, 0.15) is 32.8 Å². The van der Waals surface area contributed by atoms with E-state index in [9.17, 15) is 14.9 Å². The summed E-state index contributed by atoms with van der Waals surface area (Å²) in [4.78, 5) is 25.4. The van der Waals surface area contributed by atoms with E-state index >= 15 is 0 Å². The molecule has 0 fully saturated rings. The highest BCUT2D eigenvalue weighted by atomic mass is 32.1. The maximum Gasteiger partial charge on any atom is 0.338 e. The number of esters is 1. The lowest BCUT2D eigenvalue weighted by Crippen LogP contribution is -2.21. The van der Waals surface area contributed by atoms with E-state index in [1.165, 1.54) is 37.7 Å². The average Bonchev–Trinajstić information content (AvgIpc) is 3.26. The van der Waals surface area contributed by atoms with Crippen molar-refractivity contribution in [2.75, 3.05) is 26.1 Å². The number of methoxy groups -OCH3 is 2. The topological polar surface area (TPSA) is 97.6 Å². The Morgan fingerprint density at radius 1 is 1.22 bits per heavy atom. The summed E-state index contributed by atoms with van der Waals surface area (Å²) in [6.07, 6.45) is 2.82. The van der Waals surface area contributed by atoms with Crippen LogP contribution in [-0.2, 0) is 22.4 Å². The first-order valence-corrected chi connectivity index (χ1v) is 9.12. The van der Waals surface area contributed by atoms with Crippen molar-refractivity contribution in [3.8, 4) is 17.6 Å². The molecule has 0 aliphatic heterocycles. The van der Waals surface area contributed by atoms with Gasteiger partial charge in [0.05, 0.1) is 25.3 Å². The number of nitrogens with zero attached hydrogens (tertiary/aromatic N) is 1. The van der Waals surface area contributed by atoms with E-state index in [1.807, 2.05) is 0 Å². The maximum absolute atomic E-state index is 12.2.